The van der Waals surface area contributed by atoms with Crippen molar-refractivity contribution in [1.29, 1.82) is 0 Å². The van der Waals surface area contributed by atoms with Gasteiger partial charge in [0.25, 0.3) is 0 Å². The lowest BCUT2D eigenvalue weighted by Gasteiger charge is -2.09. The van der Waals surface area contributed by atoms with Crippen molar-refractivity contribution >= 4 is 28.1 Å². The number of rotatable bonds is 5. The lowest BCUT2D eigenvalue weighted by atomic mass is 10.2. The van der Waals surface area contributed by atoms with Crippen LogP contribution >= 0.6 is 11.3 Å². The fourth-order valence-electron chi connectivity index (χ4n) is 2.02. The van der Waals surface area contributed by atoms with E-state index in [0.29, 0.717) is 17.9 Å². The van der Waals surface area contributed by atoms with Gasteiger partial charge in [-0.25, -0.2) is 19.3 Å². The Labute approximate surface area is 124 Å². The summed E-state index contributed by atoms with van der Waals surface area (Å²) in [5.74, 6) is 0.410. The summed E-state index contributed by atoms with van der Waals surface area (Å²) in [6.07, 6.45) is 4.01. The highest BCUT2D eigenvalue weighted by molar-refractivity contribution is 7.09. The first-order chi connectivity index (χ1) is 10.3. The van der Waals surface area contributed by atoms with Crippen molar-refractivity contribution in [3.63, 3.8) is 0 Å². The van der Waals surface area contributed by atoms with Crippen LogP contribution in [0.2, 0.25) is 0 Å². The summed E-state index contributed by atoms with van der Waals surface area (Å²) < 4.78 is 18.7. The molecule has 2 aromatic heterocycles. The lowest BCUT2D eigenvalue weighted by molar-refractivity contribution is 0.387. The largest absolute Gasteiger partial charge is 0.494 e. The van der Waals surface area contributed by atoms with E-state index in [2.05, 4.69) is 20.3 Å². The zero-order chi connectivity index (χ0) is 14.7. The second-order valence-electron chi connectivity index (χ2n) is 4.33. The maximum Gasteiger partial charge on any atom is 0.167 e. The van der Waals surface area contributed by atoms with Gasteiger partial charge in [0.05, 0.1) is 17.6 Å². The molecule has 21 heavy (non-hydrogen) atoms. The molecule has 1 N–H and O–H groups in total. The van der Waals surface area contributed by atoms with Crippen LogP contribution in [0.1, 0.15) is 5.01 Å². The minimum absolute atomic E-state index is 0.181. The Balaban J connectivity index is 1.84. The van der Waals surface area contributed by atoms with Gasteiger partial charge in [0.1, 0.15) is 12.1 Å². The molecule has 108 valence electrons. The van der Waals surface area contributed by atoms with Crippen molar-refractivity contribution in [3.05, 3.63) is 40.9 Å². The minimum atomic E-state index is -0.433. The summed E-state index contributed by atoms with van der Waals surface area (Å²) in [6.45, 7) is 0.694. The topological polar surface area (TPSA) is 59.9 Å². The van der Waals surface area contributed by atoms with Crippen molar-refractivity contribution in [3.8, 4) is 5.75 Å². The Hall–Kier alpha value is -2.28. The molecule has 0 bridgehead atoms. The van der Waals surface area contributed by atoms with Gasteiger partial charge in [0.2, 0.25) is 0 Å². The van der Waals surface area contributed by atoms with Gasteiger partial charge in [-0.2, -0.15) is 0 Å². The maximum absolute atomic E-state index is 13.7. The van der Waals surface area contributed by atoms with Gasteiger partial charge < -0.3 is 10.1 Å². The van der Waals surface area contributed by atoms with E-state index in [1.54, 1.807) is 23.6 Å². The predicted octanol–water partition coefficient (Wildman–Crippen LogP) is 2.89. The highest BCUT2D eigenvalue weighted by Crippen LogP contribution is 2.27. The molecule has 7 heteroatoms. The molecule has 0 spiro atoms. The standard InChI is InChI=1S/C14H13FN4OS/c1-20-12-6-9-11(7-10(12)15)18-8-19-14(9)17-3-2-13-16-4-5-21-13/h4-8H,2-3H2,1H3,(H,17,18,19). The van der Waals surface area contributed by atoms with Gasteiger partial charge in [-0.1, -0.05) is 0 Å². The molecule has 0 amide bonds. The second kappa shape index (κ2) is 6.01. The van der Waals surface area contributed by atoms with Gasteiger partial charge in [0, 0.05) is 36.0 Å². The first-order valence-electron chi connectivity index (χ1n) is 6.38. The number of benzene rings is 1. The molecule has 0 aliphatic rings. The average molecular weight is 304 g/mol. The maximum atomic E-state index is 13.7. The SMILES string of the molecule is COc1cc2c(NCCc3nccs3)ncnc2cc1F. The number of fused-ring (bicyclic) bond motifs is 1. The molecule has 1 aromatic carbocycles. The van der Waals surface area contributed by atoms with Gasteiger partial charge >= 0.3 is 0 Å². The van der Waals surface area contributed by atoms with E-state index in [1.807, 2.05) is 5.38 Å². The molecule has 5 nitrogen and oxygen atoms in total. The third kappa shape index (κ3) is 2.92. The van der Waals surface area contributed by atoms with Crippen molar-refractivity contribution in [2.75, 3.05) is 19.0 Å². The molecule has 0 aliphatic carbocycles. The van der Waals surface area contributed by atoms with Gasteiger partial charge in [-0.3, -0.25) is 0 Å². The molecule has 0 atom stereocenters. The van der Waals surface area contributed by atoms with Gasteiger partial charge in [-0.15, -0.1) is 11.3 Å². The number of halogens is 1. The quantitative estimate of drug-likeness (QED) is 0.785. The van der Waals surface area contributed by atoms with Crippen LogP contribution in [-0.4, -0.2) is 28.6 Å². The summed E-state index contributed by atoms with van der Waals surface area (Å²) in [6, 6.07) is 2.96. The van der Waals surface area contributed by atoms with E-state index in [1.165, 1.54) is 19.5 Å². The number of nitrogens with zero attached hydrogens (tertiary/aromatic N) is 3. The molecule has 0 saturated heterocycles. The Kier molecular flexibility index (Phi) is 3.92. The van der Waals surface area contributed by atoms with Crippen LogP contribution in [0.15, 0.2) is 30.0 Å². The van der Waals surface area contributed by atoms with Crippen LogP contribution in [0.25, 0.3) is 10.9 Å². The number of hydrogen-bond acceptors (Lipinski definition) is 6. The number of thiazole rings is 1. The fourth-order valence-corrected chi connectivity index (χ4v) is 2.64. The van der Waals surface area contributed by atoms with Crippen molar-refractivity contribution in [2.45, 2.75) is 6.42 Å². The average Bonchev–Trinajstić information content (AvgIpc) is 3.00. The molecule has 2 heterocycles. The molecular formula is C14H13FN4OS. The van der Waals surface area contributed by atoms with Crippen molar-refractivity contribution in [1.82, 2.24) is 15.0 Å². The molecule has 3 aromatic rings. The summed E-state index contributed by atoms with van der Waals surface area (Å²) in [5.41, 5.74) is 0.542. The van der Waals surface area contributed by atoms with Crippen LogP contribution in [-0.2, 0) is 6.42 Å². The zero-order valence-corrected chi connectivity index (χ0v) is 12.2. The Morgan fingerprint density at radius 2 is 2.19 bits per heavy atom. The van der Waals surface area contributed by atoms with E-state index in [4.69, 9.17) is 4.74 Å². The van der Waals surface area contributed by atoms with Crippen LogP contribution < -0.4 is 10.1 Å². The van der Waals surface area contributed by atoms with Crippen LogP contribution in [0.4, 0.5) is 10.2 Å². The molecule has 0 saturated carbocycles. The fraction of sp³-hybridized carbons (Fsp3) is 0.214. The highest BCUT2D eigenvalue weighted by atomic mass is 32.1. The minimum Gasteiger partial charge on any atom is -0.494 e. The normalized spacial score (nSPS) is 10.8. The van der Waals surface area contributed by atoms with E-state index in [-0.39, 0.29) is 5.75 Å². The van der Waals surface area contributed by atoms with Crippen molar-refractivity contribution < 1.29 is 9.13 Å². The number of methoxy groups -OCH3 is 1. The molecule has 3 rings (SSSR count). The zero-order valence-electron chi connectivity index (χ0n) is 11.3. The predicted molar refractivity (Wildman–Crippen MR) is 80.4 cm³/mol. The Morgan fingerprint density at radius 3 is 2.95 bits per heavy atom. The third-order valence-corrected chi connectivity index (χ3v) is 3.86. The molecule has 0 unspecified atom stereocenters. The third-order valence-electron chi connectivity index (χ3n) is 3.02. The first kappa shape index (κ1) is 13.7. The second-order valence-corrected chi connectivity index (χ2v) is 5.31. The number of anilines is 1. The number of ether oxygens (including phenoxy) is 1. The summed E-state index contributed by atoms with van der Waals surface area (Å²) in [4.78, 5) is 12.5. The summed E-state index contributed by atoms with van der Waals surface area (Å²) >= 11 is 1.62. The highest BCUT2D eigenvalue weighted by Gasteiger charge is 2.10. The van der Waals surface area contributed by atoms with Crippen LogP contribution in [0.3, 0.4) is 0 Å². The number of aromatic nitrogens is 3. The molecular weight excluding hydrogens is 291 g/mol. The Morgan fingerprint density at radius 1 is 1.29 bits per heavy atom. The molecule has 0 fully saturated rings. The smallest absolute Gasteiger partial charge is 0.167 e. The van der Waals surface area contributed by atoms with Gasteiger partial charge in [0.15, 0.2) is 11.6 Å². The number of hydrogen-bond donors (Lipinski definition) is 1. The summed E-state index contributed by atoms with van der Waals surface area (Å²) in [7, 11) is 1.43. The van der Waals surface area contributed by atoms with E-state index >= 15 is 0 Å². The molecule has 0 aliphatic heterocycles. The Bertz CT molecular complexity index is 748. The van der Waals surface area contributed by atoms with Crippen molar-refractivity contribution in [2.24, 2.45) is 0 Å². The first-order valence-corrected chi connectivity index (χ1v) is 7.26. The van der Waals surface area contributed by atoms with E-state index < -0.39 is 5.82 Å². The van der Waals surface area contributed by atoms with Crippen LogP contribution in [0, 0.1) is 5.82 Å². The van der Waals surface area contributed by atoms with Crippen LogP contribution in [0.5, 0.6) is 5.75 Å². The molecule has 0 radical (unpaired) electrons. The van der Waals surface area contributed by atoms with Gasteiger partial charge in [-0.05, 0) is 6.07 Å². The summed E-state index contributed by atoms with van der Waals surface area (Å²) in [5, 5.41) is 6.97. The lowest BCUT2D eigenvalue weighted by Crippen LogP contribution is -2.07. The van der Waals surface area contributed by atoms with E-state index in [0.717, 1.165) is 16.8 Å². The monoisotopic (exact) mass is 304 g/mol. The van der Waals surface area contributed by atoms with E-state index in [9.17, 15) is 4.39 Å². The number of nitrogens with one attached hydrogen (secondary N) is 1.